The van der Waals surface area contributed by atoms with Gasteiger partial charge in [-0.3, -0.25) is 0 Å². The van der Waals surface area contributed by atoms with Crippen molar-refractivity contribution in [3.05, 3.63) is 0 Å². The highest BCUT2D eigenvalue weighted by molar-refractivity contribution is 7.68. The Morgan fingerprint density at radius 2 is 1.67 bits per heavy atom. The Kier molecular flexibility index (Phi) is 9.06. The van der Waals surface area contributed by atoms with E-state index in [1.165, 1.54) is 39.9 Å². The Balaban J connectivity index is 3.86. The van der Waals surface area contributed by atoms with Gasteiger partial charge < -0.3 is 0 Å². The predicted molar refractivity (Wildman–Crippen MR) is 65.6 cm³/mol. The van der Waals surface area contributed by atoms with Gasteiger partial charge in [-0.2, -0.15) is 0 Å². The highest BCUT2D eigenvalue weighted by atomic mass is 31.2. The minimum Gasteiger partial charge on any atom is -0.115 e. The molecule has 0 spiro atoms. The molecule has 0 saturated heterocycles. The largest absolute Gasteiger partial charge is 0.115 e. The normalized spacial score (nSPS) is 14.8. The summed E-state index contributed by atoms with van der Waals surface area (Å²) in [6.07, 6.45) is 7.17. The van der Waals surface area contributed by atoms with Crippen molar-refractivity contribution < 1.29 is 0 Å². The highest BCUT2D eigenvalue weighted by Crippen LogP contribution is 2.50. The third kappa shape index (κ3) is 4.78. The summed E-state index contributed by atoms with van der Waals surface area (Å²) in [7, 11) is 1.62. The van der Waals surface area contributed by atoms with Gasteiger partial charge >= 0.3 is 0 Å². The van der Waals surface area contributed by atoms with Crippen LogP contribution >= 0.6 is 16.5 Å². The molecule has 0 heterocycles. The molecule has 0 rings (SSSR count). The van der Waals surface area contributed by atoms with E-state index in [9.17, 15) is 0 Å². The Morgan fingerprint density at radius 3 is 2.00 bits per heavy atom. The summed E-state index contributed by atoms with van der Waals surface area (Å²) in [6, 6.07) is 0. The smallest absolute Gasteiger partial charge is 0.00339 e. The minimum atomic E-state index is 0.381. The van der Waals surface area contributed by atoms with Crippen molar-refractivity contribution >= 4 is 16.5 Å². The zero-order valence-electron chi connectivity index (χ0n) is 9.06. The van der Waals surface area contributed by atoms with Crippen LogP contribution in [-0.2, 0) is 0 Å². The molecule has 0 aliphatic heterocycles. The fourth-order valence-electron chi connectivity index (χ4n) is 1.59. The number of rotatable bonds is 7. The number of hydrogen-bond acceptors (Lipinski definition) is 0. The maximum atomic E-state index is 2.37. The van der Waals surface area contributed by atoms with E-state index < -0.39 is 0 Å². The lowest BCUT2D eigenvalue weighted by atomic mass is 10.4. The average molecular weight is 206 g/mol. The second-order valence-corrected chi connectivity index (χ2v) is 8.45. The highest BCUT2D eigenvalue weighted by Gasteiger charge is 2.15. The second-order valence-electron chi connectivity index (χ2n) is 3.08. The fourth-order valence-corrected chi connectivity index (χ4v) is 7.18. The molecule has 0 radical (unpaired) electrons. The monoisotopic (exact) mass is 206 g/mol. The molecule has 2 heteroatoms. The van der Waals surface area contributed by atoms with Gasteiger partial charge in [0.1, 0.15) is 0 Å². The standard InChI is InChI=1S/C10H24P2/c1-5-9-10(11-6-2)12(7-3)8-4/h10-11H,5-9H2,1-4H3. The van der Waals surface area contributed by atoms with E-state index in [4.69, 9.17) is 0 Å². The lowest BCUT2D eigenvalue weighted by Gasteiger charge is -2.25. The first-order chi connectivity index (χ1) is 5.79. The maximum Gasteiger partial charge on any atom is -0.00339 e. The quantitative estimate of drug-likeness (QED) is 0.544. The van der Waals surface area contributed by atoms with Gasteiger partial charge in [-0.25, -0.2) is 0 Å². The lowest BCUT2D eigenvalue weighted by Crippen LogP contribution is -2.02. The first-order valence-corrected chi connectivity index (χ1v) is 8.34. The summed E-state index contributed by atoms with van der Waals surface area (Å²) in [5, 5.41) is 1.10. The van der Waals surface area contributed by atoms with Gasteiger partial charge in [0.25, 0.3) is 0 Å². The van der Waals surface area contributed by atoms with Crippen molar-refractivity contribution in [1.29, 1.82) is 0 Å². The molecule has 0 N–H and O–H groups in total. The number of hydrogen-bond donors (Lipinski definition) is 0. The van der Waals surface area contributed by atoms with Crippen LogP contribution in [0.1, 0.15) is 40.5 Å². The van der Waals surface area contributed by atoms with E-state index in [1.807, 2.05) is 0 Å². The van der Waals surface area contributed by atoms with Crippen LogP contribution in [0.2, 0.25) is 0 Å². The van der Waals surface area contributed by atoms with Crippen molar-refractivity contribution in [2.24, 2.45) is 0 Å². The molecule has 2 unspecified atom stereocenters. The van der Waals surface area contributed by atoms with Crippen molar-refractivity contribution in [2.45, 2.75) is 45.9 Å². The van der Waals surface area contributed by atoms with E-state index in [0.29, 0.717) is 7.92 Å². The molecule has 0 fully saturated rings. The molecule has 0 amide bonds. The van der Waals surface area contributed by atoms with Crippen LogP contribution in [0.15, 0.2) is 0 Å². The molecule has 12 heavy (non-hydrogen) atoms. The van der Waals surface area contributed by atoms with E-state index in [0.717, 1.165) is 5.40 Å². The van der Waals surface area contributed by atoms with Gasteiger partial charge in [0, 0.05) is 0 Å². The first kappa shape index (κ1) is 12.9. The molecule has 0 aromatic heterocycles. The molecule has 2 atom stereocenters. The van der Waals surface area contributed by atoms with Gasteiger partial charge in [0.2, 0.25) is 0 Å². The molecular formula is C10H24P2. The van der Waals surface area contributed by atoms with E-state index >= 15 is 0 Å². The average Bonchev–Trinajstić information content (AvgIpc) is 2.07. The fraction of sp³-hybridized carbons (Fsp3) is 1.00. The third-order valence-corrected chi connectivity index (χ3v) is 7.83. The molecule has 0 saturated carbocycles. The van der Waals surface area contributed by atoms with Gasteiger partial charge in [-0.15, -0.1) is 8.58 Å². The van der Waals surface area contributed by atoms with Crippen LogP contribution in [0.3, 0.4) is 0 Å². The molecule has 0 aromatic carbocycles. The van der Waals surface area contributed by atoms with Crippen LogP contribution in [-0.4, -0.2) is 23.9 Å². The van der Waals surface area contributed by atoms with Crippen LogP contribution < -0.4 is 0 Å². The van der Waals surface area contributed by atoms with E-state index in [2.05, 4.69) is 27.7 Å². The molecule has 74 valence electrons. The van der Waals surface area contributed by atoms with Crippen molar-refractivity contribution in [3.8, 4) is 0 Å². The Hall–Kier alpha value is 0.860. The summed E-state index contributed by atoms with van der Waals surface area (Å²) < 4.78 is 0. The van der Waals surface area contributed by atoms with Crippen LogP contribution in [0, 0.1) is 0 Å². The van der Waals surface area contributed by atoms with Crippen LogP contribution in [0.5, 0.6) is 0 Å². The zero-order chi connectivity index (χ0) is 9.40. The molecule has 0 nitrogen and oxygen atoms in total. The van der Waals surface area contributed by atoms with Gasteiger partial charge in [0.05, 0.1) is 0 Å². The third-order valence-electron chi connectivity index (χ3n) is 2.25. The molecule has 0 aromatic rings. The topological polar surface area (TPSA) is 0 Å². The van der Waals surface area contributed by atoms with Crippen LogP contribution in [0.25, 0.3) is 0 Å². The zero-order valence-corrected chi connectivity index (χ0v) is 11.0. The predicted octanol–water partition coefficient (Wildman–Crippen LogP) is 4.33. The lowest BCUT2D eigenvalue weighted by molar-refractivity contribution is 0.858. The molecular weight excluding hydrogens is 182 g/mol. The van der Waals surface area contributed by atoms with Gasteiger partial charge in [-0.1, -0.05) is 42.0 Å². The van der Waals surface area contributed by atoms with Crippen LogP contribution in [0.4, 0.5) is 0 Å². The summed E-state index contributed by atoms with van der Waals surface area (Å²) >= 11 is 0. The minimum absolute atomic E-state index is 0.381. The Labute approximate surface area is 81.4 Å². The first-order valence-electron chi connectivity index (χ1n) is 5.27. The SMILES string of the molecule is CCCC(PCC)P(CC)CC. The van der Waals surface area contributed by atoms with Gasteiger partial charge in [0.15, 0.2) is 0 Å². The van der Waals surface area contributed by atoms with E-state index in [1.54, 1.807) is 0 Å². The van der Waals surface area contributed by atoms with Crippen molar-refractivity contribution in [3.63, 3.8) is 0 Å². The summed E-state index contributed by atoms with van der Waals surface area (Å²) in [6.45, 7) is 9.40. The Morgan fingerprint density at radius 1 is 1.08 bits per heavy atom. The van der Waals surface area contributed by atoms with E-state index in [-0.39, 0.29) is 0 Å². The molecule has 0 bridgehead atoms. The summed E-state index contributed by atoms with van der Waals surface area (Å²) in [5.41, 5.74) is 0. The van der Waals surface area contributed by atoms with Crippen molar-refractivity contribution in [1.82, 2.24) is 0 Å². The maximum absolute atomic E-state index is 2.37. The van der Waals surface area contributed by atoms with Crippen molar-refractivity contribution in [2.75, 3.05) is 18.5 Å². The molecule has 0 aliphatic rings. The van der Waals surface area contributed by atoms with Gasteiger partial charge in [-0.05, 0) is 30.3 Å². The molecule has 0 aliphatic carbocycles. The Bertz CT molecular complexity index is 83.8. The summed E-state index contributed by atoms with van der Waals surface area (Å²) in [5.74, 6) is 0. The summed E-state index contributed by atoms with van der Waals surface area (Å²) in [4.78, 5) is 0. The second kappa shape index (κ2) is 8.46.